The van der Waals surface area contributed by atoms with Gasteiger partial charge in [0.05, 0.1) is 4.92 Å². The molecular formula is C12H12N2O4. The van der Waals surface area contributed by atoms with E-state index in [1.54, 1.807) is 12.1 Å². The number of nitro groups is 1. The van der Waals surface area contributed by atoms with E-state index in [2.05, 4.69) is 0 Å². The summed E-state index contributed by atoms with van der Waals surface area (Å²) in [4.78, 5) is 20.6. The number of aryl methyl sites for hydroxylation is 1. The molecule has 0 unspecified atom stereocenters. The standard InChI is InChI=1S/C12H12N2O4/c15-12(16)2-1-6-13-7-5-9-8-10(14(17)18)3-4-11(9)13/h3-5,7-8H,1-2,6H2,(H,15,16). The van der Waals surface area contributed by atoms with Crippen LogP contribution in [0.1, 0.15) is 12.8 Å². The number of rotatable bonds is 5. The van der Waals surface area contributed by atoms with Gasteiger partial charge in [-0.1, -0.05) is 0 Å². The molecule has 1 heterocycles. The maximum absolute atomic E-state index is 10.6. The number of fused-ring (bicyclic) bond motifs is 1. The molecule has 0 saturated carbocycles. The van der Waals surface area contributed by atoms with Crippen LogP contribution in [0.4, 0.5) is 5.69 Å². The lowest BCUT2D eigenvalue weighted by atomic mass is 10.2. The van der Waals surface area contributed by atoms with Crippen molar-refractivity contribution in [1.82, 2.24) is 4.57 Å². The normalized spacial score (nSPS) is 10.7. The molecule has 1 N–H and O–H groups in total. The van der Waals surface area contributed by atoms with Crippen molar-refractivity contribution in [3.05, 3.63) is 40.6 Å². The molecule has 0 aliphatic carbocycles. The van der Waals surface area contributed by atoms with E-state index >= 15 is 0 Å². The number of benzene rings is 1. The Bertz CT molecular complexity index is 603. The Kier molecular flexibility index (Phi) is 3.27. The molecule has 0 amide bonds. The van der Waals surface area contributed by atoms with Gasteiger partial charge in [-0.15, -0.1) is 0 Å². The van der Waals surface area contributed by atoms with E-state index in [1.807, 2.05) is 10.8 Å². The molecule has 0 saturated heterocycles. The summed E-state index contributed by atoms with van der Waals surface area (Å²) >= 11 is 0. The highest BCUT2D eigenvalue weighted by Gasteiger charge is 2.08. The number of hydrogen-bond donors (Lipinski definition) is 1. The Morgan fingerprint density at radius 2 is 2.17 bits per heavy atom. The fourth-order valence-electron chi connectivity index (χ4n) is 1.90. The van der Waals surface area contributed by atoms with Gasteiger partial charge in [-0.05, 0) is 18.6 Å². The average Bonchev–Trinajstić information content (AvgIpc) is 2.71. The zero-order valence-corrected chi connectivity index (χ0v) is 9.57. The lowest BCUT2D eigenvalue weighted by Gasteiger charge is -2.03. The van der Waals surface area contributed by atoms with E-state index in [-0.39, 0.29) is 12.1 Å². The topological polar surface area (TPSA) is 85.4 Å². The Balaban J connectivity index is 2.20. The minimum atomic E-state index is -0.818. The minimum Gasteiger partial charge on any atom is -0.481 e. The molecule has 0 atom stereocenters. The Hall–Kier alpha value is -2.37. The molecule has 94 valence electrons. The van der Waals surface area contributed by atoms with Crippen molar-refractivity contribution in [2.45, 2.75) is 19.4 Å². The Labute approximate surface area is 103 Å². The van der Waals surface area contributed by atoms with Crippen molar-refractivity contribution < 1.29 is 14.8 Å². The van der Waals surface area contributed by atoms with Gasteiger partial charge in [0.15, 0.2) is 0 Å². The highest BCUT2D eigenvalue weighted by molar-refractivity contribution is 5.82. The van der Waals surface area contributed by atoms with Crippen LogP contribution in [0.25, 0.3) is 10.9 Å². The second kappa shape index (κ2) is 4.87. The summed E-state index contributed by atoms with van der Waals surface area (Å²) in [5, 5.41) is 20.0. The number of nitro benzene ring substituents is 1. The van der Waals surface area contributed by atoms with Gasteiger partial charge in [-0.2, -0.15) is 0 Å². The zero-order chi connectivity index (χ0) is 13.1. The van der Waals surface area contributed by atoms with E-state index in [0.717, 1.165) is 10.9 Å². The molecule has 0 aliphatic heterocycles. The van der Waals surface area contributed by atoms with E-state index in [1.165, 1.54) is 12.1 Å². The maximum Gasteiger partial charge on any atom is 0.303 e. The van der Waals surface area contributed by atoms with Gasteiger partial charge in [-0.3, -0.25) is 14.9 Å². The summed E-state index contributed by atoms with van der Waals surface area (Å²) in [5.74, 6) is -0.818. The van der Waals surface area contributed by atoms with Gasteiger partial charge in [0.2, 0.25) is 0 Å². The van der Waals surface area contributed by atoms with Crippen LogP contribution in [0.3, 0.4) is 0 Å². The van der Waals surface area contributed by atoms with Crippen molar-refractivity contribution in [2.24, 2.45) is 0 Å². The van der Waals surface area contributed by atoms with Crippen molar-refractivity contribution in [1.29, 1.82) is 0 Å². The summed E-state index contributed by atoms with van der Waals surface area (Å²) in [7, 11) is 0. The first kappa shape index (κ1) is 12.1. The Morgan fingerprint density at radius 3 is 2.83 bits per heavy atom. The van der Waals surface area contributed by atoms with Crippen LogP contribution in [-0.2, 0) is 11.3 Å². The molecule has 0 bridgehead atoms. The highest BCUT2D eigenvalue weighted by Crippen LogP contribution is 2.22. The fraction of sp³-hybridized carbons (Fsp3) is 0.250. The van der Waals surface area contributed by atoms with Crippen LogP contribution in [0.15, 0.2) is 30.5 Å². The van der Waals surface area contributed by atoms with Crippen molar-refractivity contribution in [3.8, 4) is 0 Å². The van der Waals surface area contributed by atoms with Crippen molar-refractivity contribution in [3.63, 3.8) is 0 Å². The fourth-order valence-corrected chi connectivity index (χ4v) is 1.90. The number of carboxylic acid groups (broad SMARTS) is 1. The summed E-state index contributed by atoms with van der Waals surface area (Å²) in [6.45, 7) is 0.591. The molecule has 2 aromatic rings. The molecule has 18 heavy (non-hydrogen) atoms. The van der Waals surface area contributed by atoms with Gasteiger partial charge in [0.1, 0.15) is 0 Å². The average molecular weight is 248 g/mol. The van der Waals surface area contributed by atoms with Crippen molar-refractivity contribution in [2.75, 3.05) is 0 Å². The first-order valence-electron chi connectivity index (χ1n) is 5.53. The van der Waals surface area contributed by atoms with Crippen LogP contribution in [0.2, 0.25) is 0 Å². The molecular weight excluding hydrogens is 236 g/mol. The number of nitrogens with zero attached hydrogens (tertiary/aromatic N) is 2. The lowest BCUT2D eigenvalue weighted by Crippen LogP contribution is -2.00. The molecule has 0 radical (unpaired) electrons. The van der Waals surface area contributed by atoms with Crippen molar-refractivity contribution >= 4 is 22.6 Å². The van der Waals surface area contributed by atoms with Gasteiger partial charge < -0.3 is 9.67 Å². The molecule has 1 aromatic carbocycles. The quantitative estimate of drug-likeness (QED) is 0.650. The lowest BCUT2D eigenvalue weighted by molar-refractivity contribution is -0.384. The first-order valence-corrected chi connectivity index (χ1v) is 5.53. The molecule has 2 rings (SSSR count). The summed E-state index contributed by atoms with van der Waals surface area (Å²) < 4.78 is 1.90. The third-order valence-electron chi connectivity index (χ3n) is 2.76. The van der Waals surface area contributed by atoms with E-state index < -0.39 is 10.9 Å². The SMILES string of the molecule is O=C(O)CCCn1ccc2cc([N+](=O)[O-])ccc21. The van der Waals surface area contributed by atoms with Gasteiger partial charge in [0.25, 0.3) is 5.69 Å². The van der Waals surface area contributed by atoms with E-state index in [4.69, 9.17) is 5.11 Å². The van der Waals surface area contributed by atoms with E-state index in [0.29, 0.717) is 13.0 Å². The molecule has 0 spiro atoms. The maximum atomic E-state index is 10.6. The summed E-state index contributed by atoms with van der Waals surface area (Å²) in [6, 6.07) is 6.45. The second-order valence-electron chi connectivity index (χ2n) is 4.01. The van der Waals surface area contributed by atoms with Crippen LogP contribution >= 0.6 is 0 Å². The molecule has 6 heteroatoms. The summed E-state index contributed by atoms with van der Waals surface area (Å²) in [5.41, 5.74) is 0.941. The smallest absolute Gasteiger partial charge is 0.303 e. The number of carboxylic acids is 1. The number of aromatic nitrogens is 1. The first-order chi connectivity index (χ1) is 8.58. The van der Waals surface area contributed by atoms with E-state index in [9.17, 15) is 14.9 Å². The predicted molar refractivity (Wildman–Crippen MR) is 65.5 cm³/mol. The summed E-state index contributed by atoms with van der Waals surface area (Å²) in [6.07, 6.45) is 2.47. The second-order valence-corrected chi connectivity index (χ2v) is 4.01. The number of hydrogen-bond acceptors (Lipinski definition) is 3. The predicted octanol–water partition coefficient (Wildman–Crippen LogP) is 2.41. The minimum absolute atomic E-state index is 0.0609. The molecule has 6 nitrogen and oxygen atoms in total. The largest absolute Gasteiger partial charge is 0.481 e. The highest BCUT2D eigenvalue weighted by atomic mass is 16.6. The van der Waals surface area contributed by atoms with Crippen LogP contribution in [0, 0.1) is 10.1 Å². The number of carbonyl (C=O) groups is 1. The Morgan fingerprint density at radius 1 is 1.39 bits per heavy atom. The molecule has 0 aliphatic rings. The number of non-ortho nitro benzene ring substituents is 1. The van der Waals surface area contributed by atoms with Crippen LogP contribution in [0.5, 0.6) is 0 Å². The van der Waals surface area contributed by atoms with Gasteiger partial charge >= 0.3 is 5.97 Å². The van der Waals surface area contributed by atoms with Gasteiger partial charge in [-0.25, -0.2) is 0 Å². The molecule has 0 fully saturated rings. The molecule has 1 aromatic heterocycles. The van der Waals surface area contributed by atoms with Crippen LogP contribution in [-0.4, -0.2) is 20.6 Å². The van der Waals surface area contributed by atoms with Crippen LogP contribution < -0.4 is 0 Å². The van der Waals surface area contributed by atoms with Gasteiger partial charge in [0, 0.05) is 42.2 Å². The third kappa shape index (κ3) is 2.48. The zero-order valence-electron chi connectivity index (χ0n) is 9.57. The number of aliphatic carboxylic acids is 1. The monoisotopic (exact) mass is 248 g/mol. The third-order valence-corrected chi connectivity index (χ3v) is 2.76.